The van der Waals surface area contributed by atoms with Crippen molar-refractivity contribution < 1.29 is 14.3 Å². The summed E-state index contributed by atoms with van der Waals surface area (Å²) in [6.07, 6.45) is 1.57. The highest BCUT2D eigenvalue weighted by Crippen LogP contribution is 2.31. The van der Waals surface area contributed by atoms with E-state index in [2.05, 4.69) is 10.3 Å². The number of benzene rings is 1. The van der Waals surface area contributed by atoms with E-state index < -0.39 is 0 Å². The van der Waals surface area contributed by atoms with Crippen molar-refractivity contribution in [2.24, 2.45) is 5.92 Å². The van der Waals surface area contributed by atoms with Crippen molar-refractivity contribution in [2.45, 2.75) is 18.6 Å². The normalized spacial score (nSPS) is 16.0. The molecule has 0 radical (unpaired) electrons. The Balaban J connectivity index is 1.79. The molecule has 1 atom stereocenters. The molecule has 8 heteroatoms. The van der Waals surface area contributed by atoms with E-state index in [1.165, 1.54) is 18.9 Å². The number of carbonyl (C=O) groups is 1. The molecule has 1 aromatic heterocycles. The lowest BCUT2D eigenvalue weighted by Gasteiger charge is -2.24. The topological polar surface area (TPSA) is 82.5 Å². The van der Waals surface area contributed by atoms with Crippen LogP contribution in [0.5, 0.6) is 11.5 Å². The lowest BCUT2D eigenvalue weighted by atomic mass is 10.1. The first-order valence-corrected chi connectivity index (χ1v) is 8.74. The van der Waals surface area contributed by atoms with Crippen LogP contribution >= 0.6 is 11.8 Å². The van der Waals surface area contributed by atoms with Crippen LogP contribution in [0.1, 0.15) is 5.56 Å². The van der Waals surface area contributed by atoms with E-state index in [1.54, 1.807) is 43.0 Å². The molecule has 1 aliphatic rings. The Morgan fingerprint density at radius 2 is 2.16 bits per heavy atom. The molecule has 0 saturated heterocycles. The molecule has 3 rings (SSSR count). The summed E-state index contributed by atoms with van der Waals surface area (Å²) in [7, 11) is 3.10. The van der Waals surface area contributed by atoms with Crippen LogP contribution in [0.4, 0.5) is 5.69 Å². The lowest BCUT2D eigenvalue weighted by Crippen LogP contribution is -2.37. The number of anilines is 1. The van der Waals surface area contributed by atoms with Gasteiger partial charge in [-0.1, -0.05) is 11.8 Å². The third-order valence-corrected chi connectivity index (χ3v) is 5.19. The highest BCUT2D eigenvalue weighted by atomic mass is 32.2. The van der Waals surface area contributed by atoms with Crippen LogP contribution in [0.15, 0.2) is 34.3 Å². The van der Waals surface area contributed by atoms with E-state index in [0.717, 1.165) is 0 Å². The number of rotatable bonds is 4. The van der Waals surface area contributed by atoms with Crippen molar-refractivity contribution >= 4 is 23.4 Å². The van der Waals surface area contributed by atoms with Gasteiger partial charge in [0.2, 0.25) is 5.91 Å². The van der Waals surface area contributed by atoms with Gasteiger partial charge in [-0.05, 0) is 19.1 Å². The van der Waals surface area contributed by atoms with Crippen molar-refractivity contribution in [1.29, 1.82) is 0 Å². The zero-order valence-electron chi connectivity index (χ0n) is 14.2. The third kappa shape index (κ3) is 3.48. The molecule has 0 spiro atoms. The Labute approximate surface area is 149 Å². The Hall–Kier alpha value is -2.48. The molecular formula is C17H19N3O4S. The van der Waals surface area contributed by atoms with E-state index in [1.807, 2.05) is 0 Å². The van der Waals surface area contributed by atoms with Crippen molar-refractivity contribution in [3.05, 3.63) is 40.3 Å². The van der Waals surface area contributed by atoms with E-state index in [0.29, 0.717) is 40.2 Å². The predicted molar refractivity (Wildman–Crippen MR) is 95.6 cm³/mol. The molecule has 7 nitrogen and oxygen atoms in total. The van der Waals surface area contributed by atoms with Crippen LogP contribution in [0.2, 0.25) is 0 Å². The Morgan fingerprint density at radius 3 is 2.88 bits per heavy atom. The standard InChI is InChI=1S/C17H19N3O4S/c1-10-7-18-17-20(16(10)22)8-11(9-25-17)15(21)19-13-5-4-12(23-2)6-14(13)24-3/h4-7,11H,8-9H2,1-3H3,(H,19,21). The van der Waals surface area contributed by atoms with Gasteiger partial charge in [-0.25, -0.2) is 4.98 Å². The molecule has 0 bridgehead atoms. The monoisotopic (exact) mass is 361 g/mol. The average Bonchev–Trinajstić information content (AvgIpc) is 2.64. The Kier molecular flexibility index (Phi) is 4.98. The van der Waals surface area contributed by atoms with Crippen LogP contribution in [0.3, 0.4) is 0 Å². The zero-order chi connectivity index (χ0) is 18.0. The van der Waals surface area contributed by atoms with Gasteiger partial charge in [-0.15, -0.1) is 0 Å². The van der Waals surface area contributed by atoms with Crippen molar-refractivity contribution in [3.8, 4) is 11.5 Å². The van der Waals surface area contributed by atoms with Gasteiger partial charge in [0.15, 0.2) is 5.16 Å². The smallest absolute Gasteiger partial charge is 0.257 e. The molecule has 25 heavy (non-hydrogen) atoms. The zero-order valence-corrected chi connectivity index (χ0v) is 15.1. The van der Waals surface area contributed by atoms with Gasteiger partial charge in [-0.3, -0.25) is 14.2 Å². The van der Waals surface area contributed by atoms with E-state index in [4.69, 9.17) is 9.47 Å². The first-order valence-electron chi connectivity index (χ1n) is 7.75. The van der Waals surface area contributed by atoms with Gasteiger partial charge in [0.25, 0.3) is 5.56 Å². The molecule has 1 N–H and O–H groups in total. The molecule has 1 amide bonds. The van der Waals surface area contributed by atoms with Crippen molar-refractivity contribution in [3.63, 3.8) is 0 Å². The quantitative estimate of drug-likeness (QED) is 0.838. The fourth-order valence-electron chi connectivity index (χ4n) is 2.60. The van der Waals surface area contributed by atoms with Crippen molar-refractivity contribution in [2.75, 3.05) is 25.3 Å². The fourth-order valence-corrected chi connectivity index (χ4v) is 3.64. The number of nitrogens with zero attached hydrogens (tertiary/aromatic N) is 2. The molecule has 0 saturated carbocycles. The SMILES string of the molecule is COc1ccc(NC(=O)C2CSc3ncc(C)c(=O)n3C2)c(OC)c1. The van der Waals surface area contributed by atoms with Crippen LogP contribution in [0, 0.1) is 12.8 Å². The largest absolute Gasteiger partial charge is 0.497 e. The highest BCUT2D eigenvalue weighted by Gasteiger charge is 2.27. The number of carbonyl (C=O) groups excluding carboxylic acids is 1. The minimum atomic E-state index is -0.328. The number of ether oxygens (including phenoxy) is 2. The summed E-state index contributed by atoms with van der Waals surface area (Å²) >= 11 is 1.41. The second-order valence-corrected chi connectivity index (χ2v) is 6.69. The molecule has 1 aromatic carbocycles. The number of amides is 1. The number of aryl methyl sites for hydroxylation is 1. The fraction of sp³-hybridized carbons (Fsp3) is 0.353. The summed E-state index contributed by atoms with van der Waals surface area (Å²) in [4.78, 5) is 29.2. The molecule has 2 heterocycles. The molecular weight excluding hydrogens is 342 g/mol. The molecule has 1 unspecified atom stereocenters. The number of nitrogens with one attached hydrogen (secondary N) is 1. The van der Waals surface area contributed by atoms with Crippen LogP contribution in [-0.4, -0.2) is 35.4 Å². The molecule has 1 aliphatic heterocycles. The van der Waals surface area contributed by atoms with Crippen LogP contribution in [0.25, 0.3) is 0 Å². The second kappa shape index (κ2) is 7.18. The minimum absolute atomic E-state index is 0.1000. The van der Waals surface area contributed by atoms with Gasteiger partial charge in [0.05, 0.1) is 25.8 Å². The summed E-state index contributed by atoms with van der Waals surface area (Å²) < 4.78 is 12.0. The molecule has 0 fully saturated rings. The summed E-state index contributed by atoms with van der Waals surface area (Å²) in [6.45, 7) is 2.04. The van der Waals surface area contributed by atoms with Gasteiger partial charge < -0.3 is 14.8 Å². The van der Waals surface area contributed by atoms with Crippen LogP contribution < -0.4 is 20.3 Å². The number of thioether (sulfide) groups is 1. The Morgan fingerprint density at radius 1 is 1.36 bits per heavy atom. The maximum Gasteiger partial charge on any atom is 0.257 e. The number of methoxy groups -OCH3 is 2. The average molecular weight is 361 g/mol. The third-order valence-electron chi connectivity index (χ3n) is 4.04. The van der Waals surface area contributed by atoms with Crippen LogP contribution in [-0.2, 0) is 11.3 Å². The Bertz CT molecular complexity index is 865. The maximum atomic E-state index is 12.6. The molecule has 132 valence electrons. The molecule has 2 aromatic rings. The summed E-state index contributed by atoms with van der Waals surface area (Å²) in [6, 6.07) is 5.19. The first-order chi connectivity index (χ1) is 12.0. The number of aromatic nitrogens is 2. The number of hydrogen-bond acceptors (Lipinski definition) is 6. The summed E-state index contributed by atoms with van der Waals surface area (Å²) in [5.74, 6) is 1.25. The number of hydrogen-bond donors (Lipinski definition) is 1. The van der Waals surface area contributed by atoms with Gasteiger partial charge >= 0.3 is 0 Å². The molecule has 0 aliphatic carbocycles. The van der Waals surface area contributed by atoms with Gasteiger partial charge in [-0.2, -0.15) is 0 Å². The second-order valence-electron chi connectivity index (χ2n) is 5.70. The minimum Gasteiger partial charge on any atom is -0.497 e. The van der Waals surface area contributed by atoms with E-state index >= 15 is 0 Å². The van der Waals surface area contributed by atoms with E-state index in [-0.39, 0.29) is 17.4 Å². The van der Waals surface area contributed by atoms with Crippen molar-refractivity contribution in [1.82, 2.24) is 9.55 Å². The van der Waals surface area contributed by atoms with Gasteiger partial charge in [0.1, 0.15) is 11.5 Å². The summed E-state index contributed by atoms with van der Waals surface area (Å²) in [5.41, 5.74) is 1.04. The lowest BCUT2D eigenvalue weighted by molar-refractivity contribution is -0.119. The highest BCUT2D eigenvalue weighted by molar-refractivity contribution is 7.99. The maximum absolute atomic E-state index is 12.6. The predicted octanol–water partition coefficient (Wildman–Crippen LogP) is 1.93. The number of fused-ring (bicyclic) bond motifs is 1. The van der Waals surface area contributed by atoms with E-state index in [9.17, 15) is 9.59 Å². The summed E-state index contributed by atoms with van der Waals surface area (Å²) in [5, 5.41) is 3.53. The van der Waals surface area contributed by atoms with Gasteiger partial charge in [0, 0.05) is 30.1 Å². The first kappa shape index (κ1) is 17.3.